The van der Waals surface area contributed by atoms with Gasteiger partial charge in [-0.05, 0) is 23.7 Å². The Hall–Kier alpha value is -1.26. The molecular weight excluding hydrogens is 232 g/mol. The third-order valence-electron chi connectivity index (χ3n) is 1.96. The third kappa shape index (κ3) is 3.40. The van der Waals surface area contributed by atoms with E-state index >= 15 is 0 Å². The molecule has 0 heterocycles. The van der Waals surface area contributed by atoms with Crippen LogP contribution in [0.2, 0.25) is 0 Å². The normalized spacial score (nSPS) is 10.1. The van der Waals surface area contributed by atoms with Crippen LogP contribution in [0.1, 0.15) is 16.8 Å². The van der Waals surface area contributed by atoms with Gasteiger partial charge in [-0.1, -0.05) is 6.07 Å². The van der Waals surface area contributed by atoms with Crippen molar-refractivity contribution in [1.29, 1.82) is 0 Å². The number of halogens is 1. The number of phenolic OH excluding ortho intramolecular Hbond substituents is 1. The number of aromatic hydroxyl groups is 1. The van der Waals surface area contributed by atoms with Crippen LogP contribution in [0.5, 0.6) is 11.5 Å². The number of hydrogen-bond donors (Lipinski definition) is 1. The van der Waals surface area contributed by atoms with E-state index in [2.05, 4.69) is 0 Å². The molecule has 0 spiro atoms. The number of phenols is 1. The summed E-state index contributed by atoms with van der Waals surface area (Å²) < 4.78 is 10.1. The van der Waals surface area contributed by atoms with Gasteiger partial charge in [0.1, 0.15) is 0 Å². The van der Waals surface area contributed by atoms with Crippen molar-refractivity contribution in [2.45, 2.75) is 6.42 Å². The zero-order valence-corrected chi connectivity index (χ0v) is 9.66. The summed E-state index contributed by atoms with van der Waals surface area (Å²) in [4.78, 5) is 10.9. The van der Waals surface area contributed by atoms with E-state index in [-0.39, 0.29) is 17.1 Å². The lowest BCUT2D eigenvalue weighted by atomic mass is 10.2. The zero-order valence-electron chi connectivity index (χ0n) is 8.90. The van der Waals surface area contributed by atoms with Crippen molar-refractivity contribution >= 4 is 16.8 Å². The fourth-order valence-corrected chi connectivity index (χ4v) is 1.34. The molecule has 0 aliphatic carbocycles. The molecule has 4 nitrogen and oxygen atoms in total. The van der Waals surface area contributed by atoms with Gasteiger partial charge in [-0.25, -0.2) is 0 Å². The Bertz CT molecular complexity index is 365. The maximum Gasteiger partial charge on any atom is 0.256 e. The first kappa shape index (κ1) is 12.8. The van der Waals surface area contributed by atoms with Crippen LogP contribution < -0.4 is 4.74 Å². The van der Waals surface area contributed by atoms with E-state index in [4.69, 9.17) is 21.1 Å². The van der Waals surface area contributed by atoms with Gasteiger partial charge in [-0.15, -0.1) is 0 Å². The molecule has 1 rings (SSSR count). The number of para-hydroxylation sites is 1. The van der Waals surface area contributed by atoms with E-state index in [9.17, 15) is 9.90 Å². The first-order valence-corrected chi connectivity index (χ1v) is 5.18. The standard InChI is InChI=1S/C11H13ClO4/c1-15-6-3-7-16-9-5-2-4-8(10(9)13)11(12)14/h2,4-5,13H,3,6-7H2,1H3. The van der Waals surface area contributed by atoms with Crippen LogP contribution in [-0.2, 0) is 4.74 Å². The predicted molar refractivity (Wildman–Crippen MR) is 60.3 cm³/mol. The van der Waals surface area contributed by atoms with Gasteiger partial charge in [-0.2, -0.15) is 0 Å². The molecule has 0 aromatic heterocycles. The molecule has 0 atom stereocenters. The van der Waals surface area contributed by atoms with Gasteiger partial charge >= 0.3 is 0 Å². The van der Waals surface area contributed by atoms with Crippen molar-refractivity contribution in [1.82, 2.24) is 0 Å². The molecule has 0 saturated carbocycles. The summed E-state index contributed by atoms with van der Waals surface area (Å²) in [5, 5.41) is 8.95. The largest absolute Gasteiger partial charge is 0.504 e. The molecule has 0 bridgehead atoms. The lowest BCUT2D eigenvalue weighted by Gasteiger charge is -2.09. The van der Waals surface area contributed by atoms with Crippen LogP contribution in [0.25, 0.3) is 0 Å². The molecular formula is C11H13ClO4. The first-order valence-electron chi connectivity index (χ1n) is 4.80. The highest BCUT2D eigenvalue weighted by Gasteiger charge is 2.12. The van der Waals surface area contributed by atoms with Crippen LogP contribution in [0.15, 0.2) is 18.2 Å². The van der Waals surface area contributed by atoms with Gasteiger partial charge < -0.3 is 14.6 Å². The van der Waals surface area contributed by atoms with Gasteiger partial charge in [0, 0.05) is 20.1 Å². The second-order valence-electron chi connectivity index (χ2n) is 3.12. The van der Waals surface area contributed by atoms with Crippen molar-refractivity contribution in [3.05, 3.63) is 23.8 Å². The molecule has 88 valence electrons. The number of methoxy groups -OCH3 is 1. The maximum absolute atomic E-state index is 10.9. The average molecular weight is 245 g/mol. The Balaban J connectivity index is 2.66. The summed E-state index contributed by atoms with van der Waals surface area (Å²) >= 11 is 5.29. The average Bonchev–Trinajstić information content (AvgIpc) is 2.26. The van der Waals surface area contributed by atoms with Crippen molar-refractivity contribution < 1.29 is 19.4 Å². The highest BCUT2D eigenvalue weighted by molar-refractivity contribution is 6.68. The molecule has 5 heteroatoms. The maximum atomic E-state index is 10.9. The molecule has 1 aromatic rings. The number of carbonyl (C=O) groups is 1. The zero-order chi connectivity index (χ0) is 12.0. The molecule has 1 N–H and O–H groups in total. The van der Waals surface area contributed by atoms with Gasteiger partial charge in [0.25, 0.3) is 5.24 Å². The minimum atomic E-state index is -0.708. The van der Waals surface area contributed by atoms with Crippen LogP contribution in [-0.4, -0.2) is 30.7 Å². The second kappa shape index (κ2) is 6.35. The number of hydrogen-bond acceptors (Lipinski definition) is 4. The molecule has 1 aromatic carbocycles. The first-order chi connectivity index (χ1) is 7.66. The minimum absolute atomic E-state index is 0.0471. The SMILES string of the molecule is COCCCOc1cccc(C(=O)Cl)c1O. The van der Waals surface area contributed by atoms with Crippen molar-refractivity contribution in [2.24, 2.45) is 0 Å². The summed E-state index contributed by atoms with van der Waals surface area (Å²) in [6, 6.07) is 4.61. The van der Waals surface area contributed by atoms with Crippen molar-refractivity contribution in [3.63, 3.8) is 0 Å². The van der Waals surface area contributed by atoms with E-state index in [0.29, 0.717) is 19.6 Å². The van der Waals surface area contributed by atoms with E-state index < -0.39 is 5.24 Å². The van der Waals surface area contributed by atoms with E-state index in [1.165, 1.54) is 6.07 Å². The lowest BCUT2D eigenvalue weighted by molar-refractivity contribution is 0.107. The molecule has 0 unspecified atom stereocenters. The van der Waals surface area contributed by atoms with E-state index in [1.54, 1.807) is 19.2 Å². The van der Waals surface area contributed by atoms with Crippen LogP contribution >= 0.6 is 11.6 Å². The molecule has 0 fully saturated rings. The molecule has 0 amide bonds. The smallest absolute Gasteiger partial charge is 0.256 e. The molecule has 0 aliphatic rings. The highest BCUT2D eigenvalue weighted by Crippen LogP contribution is 2.30. The van der Waals surface area contributed by atoms with Crippen LogP contribution in [0.4, 0.5) is 0 Å². The highest BCUT2D eigenvalue weighted by atomic mass is 35.5. The van der Waals surface area contributed by atoms with Gasteiger partial charge in [0.05, 0.1) is 12.2 Å². The topological polar surface area (TPSA) is 55.8 Å². The summed E-state index contributed by atoms with van der Waals surface area (Å²) in [6.45, 7) is 0.982. The summed E-state index contributed by atoms with van der Waals surface area (Å²) in [5.74, 6) is 0.0301. The quantitative estimate of drug-likeness (QED) is 0.616. The van der Waals surface area contributed by atoms with Gasteiger partial charge in [0.2, 0.25) is 0 Å². The second-order valence-corrected chi connectivity index (χ2v) is 3.46. The molecule has 0 aliphatic heterocycles. The Morgan fingerprint density at radius 3 is 2.81 bits per heavy atom. The Morgan fingerprint density at radius 1 is 1.44 bits per heavy atom. The predicted octanol–water partition coefficient (Wildman–Crippen LogP) is 2.19. The summed E-state index contributed by atoms with van der Waals surface area (Å²) in [7, 11) is 1.60. The molecule has 16 heavy (non-hydrogen) atoms. The van der Waals surface area contributed by atoms with E-state index in [0.717, 1.165) is 0 Å². The lowest BCUT2D eigenvalue weighted by Crippen LogP contribution is -2.02. The monoisotopic (exact) mass is 244 g/mol. The van der Waals surface area contributed by atoms with Crippen LogP contribution in [0, 0.1) is 0 Å². The van der Waals surface area contributed by atoms with Crippen molar-refractivity contribution in [2.75, 3.05) is 20.3 Å². The van der Waals surface area contributed by atoms with E-state index in [1.807, 2.05) is 0 Å². The van der Waals surface area contributed by atoms with Gasteiger partial charge in [0.15, 0.2) is 11.5 Å². The van der Waals surface area contributed by atoms with Gasteiger partial charge in [-0.3, -0.25) is 4.79 Å². The van der Waals surface area contributed by atoms with Crippen LogP contribution in [0.3, 0.4) is 0 Å². The number of carbonyl (C=O) groups excluding carboxylic acids is 1. The minimum Gasteiger partial charge on any atom is -0.504 e. The number of benzene rings is 1. The number of rotatable bonds is 6. The Kier molecular flexibility index (Phi) is 5.08. The van der Waals surface area contributed by atoms with Crippen molar-refractivity contribution in [3.8, 4) is 11.5 Å². The third-order valence-corrected chi connectivity index (χ3v) is 2.16. The molecule has 0 saturated heterocycles. The summed E-state index contributed by atoms with van der Waals surface area (Å²) in [6.07, 6.45) is 0.703. The Morgan fingerprint density at radius 2 is 2.19 bits per heavy atom. The fourth-order valence-electron chi connectivity index (χ4n) is 1.18. The fraction of sp³-hybridized carbons (Fsp3) is 0.364. The Labute approximate surface area is 98.7 Å². The number of ether oxygens (including phenoxy) is 2. The molecule has 0 radical (unpaired) electrons. The summed E-state index contributed by atoms with van der Waals surface area (Å²) in [5.41, 5.74) is 0.0471.